The third kappa shape index (κ3) is 6.54. The van der Waals surface area contributed by atoms with E-state index in [2.05, 4.69) is 46.1 Å². The number of hydrogen-bond acceptors (Lipinski definition) is 3. The minimum atomic E-state index is 0.588. The van der Waals surface area contributed by atoms with Gasteiger partial charge in [0, 0.05) is 25.9 Å². The van der Waals surface area contributed by atoms with Crippen LogP contribution >= 0.6 is 11.8 Å². The molecule has 2 aromatic rings. The van der Waals surface area contributed by atoms with Gasteiger partial charge in [-0.15, -0.1) is 0 Å². The molecule has 0 aliphatic heterocycles. The fourth-order valence-corrected chi connectivity index (χ4v) is 2.43. The van der Waals surface area contributed by atoms with Crippen molar-refractivity contribution in [3.8, 4) is 5.75 Å². The topological polar surface area (TPSA) is 45.7 Å². The lowest BCUT2D eigenvalue weighted by Gasteiger charge is -2.12. The molecule has 128 valence electrons. The number of ether oxygens (including phenoxy) is 1. The highest BCUT2D eigenvalue weighted by Gasteiger charge is 1.99. The van der Waals surface area contributed by atoms with Gasteiger partial charge < -0.3 is 15.4 Å². The first-order valence-corrected chi connectivity index (χ1v) is 9.40. The van der Waals surface area contributed by atoms with Crippen LogP contribution in [0.15, 0.2) is 59.6 Å². The first kappa shape index (κ1) is 18.2. The van der Waals surface area contributed by atoms with E-state index in [1.807, 2.05) is 42.1 Å². The Bertz CT molecular complexity index is 614. The summed E-state index contributed by atoms with van der Waals surface area (Å²) in [4.78, 5) is 4.22. The average Bonchev–Trinajstić information content (AvgIpc) is 2.64. The Hall–Kier alpha value is -2.14. The standard InChI is InChI=1S/C19H25N3OS/c1-20-19(21-12-13-24-2)22-14-16-8-10-18(11-9-16)23-15-17-6-4-3-5-7-17/h3-11H,12-15H2,1-2H3,(H2,20,21,22). The van der Waals surface area contributed by atoms with Crippen LogP contribution in [0.25, 0.3) is 0 Å². The second-order valence-corrected chi connectivity index (χ2v) is 6.25. The lowest BCUT2D eigenvalue weighted by atomic mass is 10.2. The highest BCUT2D eigenvalue weighted by molar-refractivity contribution is 7.98. The van der Waals surface area contributed by atoms with Crippen molar-refractivity contribution in [3.05, 3.63) is 65.7 Å². The van der Waals surface area contributed by atoms with Gasteiger partial charge in [-0.25, -0.2) is 0 Å². The maximum absolute atomic E-state index is 5.80. The summed E-state index contributed by atoms with van der Waals surface area (Å²) in [6.07, 6.45) is 2.10. The maximum Gasteiger partial charge on any atom is 0.191 e. The quantitative estimate of drug-likeness (QED) is 0.439. The largest absolute Gasteiger partial charge is 0.489 e. The zero-order chi connectivity index (χ0) is 17.0. The van der Waals surface area contributed by atoms with E-state index in [1.54, 1.807) is 7.05 Å². The van der Waals surface area contributed by atoms with Crippen LogP contribution in [-0.2, 0) is 13.2 Å². The monoisotopic (exact) mass is 343 g/mol. The fourth-order valence-electron chi connectivity index (χ4n) is 2.12. The summed E-state index contributed by atoms with van der Waals surface area (Å²) in [5, 5.41) is 6.59. The van der Waals surface area contributed by atoms with Gasteiger partial charge in [-0.05, 0) is 29.5 Å². The molecule has 0 fully saturated rings. The SMILES string of the molecule is CN=C(NCCSC)NCc1ccc(OCc2ccccc2)cc1. The van der Waals surface area contributed by atoms with Crippen LogP contribution in [0.4, 0.5) is 0 Å². The molecule has 0 amide bonds. The van der Waals surface area contributed by atoms with Crippen molar-refractivity contribution in [2.45, 2.75) is 13.2 Å². The second kappa shape index (κ2) is 10.6. The zero-order valence-corrected chi connectivity index (χ0v) is 15.1. The molecule has 0 radical (unpaired) electrons. The highest BCUT2D eigenvalue weighted by atomic mass is 32.2. The molecule has 0 aliphatic rings. The van der Waals surface area contributed by atoms with E-state index in [0.29, 0.717) is 6.61 Å². The molecule has 2 aromatic carbocycles. The molecule has 0 atom stereocenters. The van der Waals surface area contributed by atoms with Crippen molar-refractivity contribution in [3.63, 3.8) is 0 Å². The molecule has 2 N–H and O–H groups in total. The van der Waals surface area contributed by atoms with Crippen LogP contribution in [0.2, 0.25) is 0 Å². The summed E-state index contributed by atoms with van der Waals surface area (Å²) in [7, 11) is 1.79. The number of guanidine groups is 1. The van der Waals surface area contributed by atoms with Gasteiger partial charge in [0.1, 0.15) is 12.4 Å². The first-order chi connectivity index (χ1) is 11.8. The summed E-state index contributed by atoms with van der Waals surface area (Å²) < 4.78 is 5.80. The molecule has 0 unspecified atom stereocenters. The normalized spacial score (nSPS) is 11.2. The van der Waals surface area contributed by atoms with Crippen molar-refractivity contribution in [2.75, 3.05) is 25.6 Å². The van der Waals surface area contributed by atoms with Crippen LogP contribution in [0.5, 0.6) is 5.75 Å². The molecular formula is C19H25N3OS. The Balaban J connectivity index is 1.77. The molecule has 5 heteroatoms. The van der Waals surface area contributed by atoms with Crippen LogP contribution in [-0.4, -0.2) is 31.6 Å². The fraction of sp³-hybridized carbons (Fsp3) is 0.316. The van der Waals surface area contributed by atoms with Crippen molar-refractivity contribution in [1.82, 2.24) is 10.6 Å². The Kier molecular flexibility index (Phi) is 8.04. The summed E-state index contributed by atoms with van der Waals surface area (Å²) in [5.41, 5.74) is 2.36. The molecule has 24 heavy (non-hydrogen) atoms. The van der Waals surface area contributed by atoms with Gasteiger partial charge in [-0.2, -0.15) is 11.8 Å². The van der Waals surface area contributed by atoms with Crippen LogP contribution < -0.4 is 15.4 Å². The van der Waals surface area contributed by atoms with Gasteiger partial charge in [0.15, 0.2) is 5.96 Å². The summed E-state index contributed by atoms with van der Waals surface area (Å²) in [6, 6.07) is 18.3. The van der Waals surface area contributed by atoms with Gasteiger partial charge >= 0.3 is 0 Å². The van der Waals surface area contributed by atoms with Crippen molar-refractivity contribution < 1.29 is 4.74 Å². The lowest BCUT2D eigenvalue weighted by Crippen LogP contribution is -2.37. The van der Waals surface area contributed by atoms with E-state index >= 15 is 0 Å². The Labute approximate surface area is 148 Å². The van der Waals surface area contributed by atoms with Crippen LogP contribution in [0, 0.1) is 0 Å². The van der Waals surface area contributed by atoms with E-state index < -0.39 is 0 Å². The van der Waals surface area contributed by atoms with E-state index in [4.69, 9.17) is 4.74 Å². The molecule has 0 heterocycles. The average molecular weight is 343 g/mol. The number of thioether (sulfide) groups is 1. The Morgan fingerprint density at radius 2 is 1.75 bits per heavy atom. The number of nitrogens with zero attached hydrogens (tertiary/aromatic N) is 1. The minimum Gasteiger partial charge on any atom is -0.489 e. The Morgan fingerprint density at radius 3 is 2.42 bits per heavy atom. The van der Waals surface area contributed by atoms with Crippen LogP contribution in [0.1, 0.15) is 11.1 Å². The molecule has 2 rings (SSSR count). The first-order valence-electron chi connectivity index (χ1n) is 8.01. The van der Waals surface area contributed by atoms with Crippen molar-refractivity contribution >= 4 is 17.7 Å². The zero-order valence-electron chi connectivity index (χ0n) is 14.3. The molecule has 0 saturated heterocycles. The smallest absolute Gasteiger partial charge is 0.191 e. The maximum atomic E-state index is 5.80. The molecule has 4 nitrogen and oxygen atoms in total. The predicted octanol–water partition coefficient (Wildman–Crippen LogP) is 3.29. The van der Waals surface area contributed by atoms with E-state index in [0.717, 1.165) is 30.6 Å². The highest BCUT2D eigenvalue weighted by Crippen LogP contribution is 2.14. The summed E-state index contributed by atoms with van der Waals surface area (Å²) in [5.74, 6) is 2.77. The van der Waals surface area contributed by atoms with Crippen molar-refractivity contribution in [1.29, 1.82) is 0 Å². The molecule has 0 aromatic heterocycles. The summed E-state index contributed by atoms with van der Waals surface area (Å²) in [6.45, 7) is 2.23. The van der Waals surface area contributed by atoms with Gasteiger partial charge in [0.25, 0.3) is 0 Å². The lowest BCUT2D eigenvalue weighted by molar-refractivity contribution is 0.306. The molecule has 0 spiro atoms. The molecule has 0 bridgehead atoms. The number of nitrogens with one attached hydrogen (secondary N) is 2. The third-order valence-electron chi connectivity index (χ3n) is 3.45. The molecule has 0 aliphatic carbocycles. The van der Waals surface area contributed by atoms with E-state index in [-0.39, 0.29) is 0 Å². The number of rotatable bonds is 8. The van der Waals surface area contributed by atoms with Gasteiger partial charge in [0.05, 0.1) is 0 Å². The van der Waals surface area contributed by atoms with E-state index in [9.17, 15) is 0 Å². The molecule has 0 saturated carbocycles. The number of hydrogen-bond donors (Lipinski definition) is 2. The number of aliphatic imine (C=N–C) groups is 1. The minimum absolute atomic E-state index is 0.588. The second-order valence-electron chi connectivity index (χ2n) is 5.26. The summed E-state index contributed by atoms with van der Waals surface area (Å²) >= 11 is 1.81. The predicted molar refractivity (Wildman–Crippen MR) is 104 cm³/mol. The number of benzene rings is 2. The van der Waals surface area contributed by atoms with Gasteiger partial charge in [-0.3, -0.25) is 4.99 Å². The van der Waals surface area contributed by atoms with Crippen LogP contribution in [0.3, 0.4) is 0 Å². The third-order valence-corrected chi connectivity index (χ3v) is 4.07. The Morgan fingerprint density at radius 1 is 1.00 bits per heavy atom. The van der Waals surface area contributed by atoms with Gasteiger partial charge in [0.2, 0.25) is 0 Å². The van der Waals surface area contributed by atoms with Crippen molar-refractivity contribution in [2.24, 2.45) is 4.99 Å². The molecular weight excluding hydrogens is 318 g/mol. The van der Waals surface area contributed by atoms with E-state index in [1.165, 1.54) is 11.1 Å². The van der Waals surface area contributed by atoms with Gasteiger partial charge in [-0.1, -0.05) is 42.5 Å².